The first-order chi connectivity index (χ1) is 9.22. The van der Waals surface area contributed by atoms with Crippen LogP contribution >= 0.6 is 11.8 Å². The average Bonchev–Trinajstić information content (AvgIpc) is 2.93. The number of benzene rings is 1. The van der Waals surface area contributed by atoms with Crippen LogP contribution in [-0.4, -0.2) is 36.2 Å². The second kappa shape index (κ2) is 6.96. The Hall–Kier alpha value is -1.00. The van der Waals surface area contributed by atoms with Gasteiger partial charge in [0.05, 0.1) is 5.75 Å². The summed E-state index contributed by atoms with van der Waals surface area (Å²) in [6, 6.07) is 10.4. The molecule has 3 nitrogen and oxygen atoms in total. The Morgan fingerprint density at radius 2 is 2.11 bits per heavy atom. The van der Waals surface area contributed by atoms with Crippen LogP contribution in [0.3, 0.4) is 0 Å². The largest absolute Gasteiger partial charge is 0.342 e. The summed E-state index contributed by atoms with van der Waals surface area (Å²) in [7, 11) is 1.92. The normalized spacial score (nSPS) is 22.4. The van der Waals surface area contributed by atoms with Gasteiger partial charge in [-0.05, 0) is 37.4 Å². The molecule has 0 radical (unpaired) electrons. The van der Waals surface area contributed by atoms with Crippen LogP contribution in [0, 0.1) is 5.92 Å². The van der Waals surface area contributed by atoms with Crippen molar-refractivity contribution in [3.63, 3.8) is 0 Å². The number of nitrogens with zero attached hydrogens (tertiary/aromatic N) is 1. The molecule has 1 aliphatic rings. The van der Waals surface area contributed by atoms with Gasteiger partial charge in [-0.2, -0.15) is 0 Å². The highest BCUT2D eigenvalue weighted by molar-refractivity contribution is 8.00. The van der Waals surface area contributed by atoms with E-state index in [0.717, 1.165) is 17.7 Å². The lowest BCUT2D eigenvalue weighted by atomic mass is 10.0. The van der Waals surface area contributed by atoms with E-state index < -0.39 is 0 Å². The molecule has 2 rings (SSSR count). The van der Waals surface area contributed by atoms with E-state index in [9.17, 15) is 4.79 Å². The molecule has 19 heavy (non-hydrogen) atoms. The number of thioether (sulfide) groups is 1. The molecule has 104 valence electrons. The molecule has 0 aromatic heterocycles. The molecule has 1 aliphatic carbocycles. The highest BCUT2D eigenvalue weighted by Gasteiger charge is 2.31. The lowest BCUT2D eigenvalue weighted by Crippen LogP contribution is -2.42. The number of carbonyl (C=O) groups excluding carboxylic acids is 1. The van der Waals surface area contributed by atoms with Crippen LogP contribution in [0.1, 0.15) is 19.3 Å². The number of amides is 1. The molecule has 2 unspecified atom stereocenters. The van der Waals surface area contributed by atoms with E-state index >= 15 is 0 Å². The maximum atomic E-state index is 12.2. The number of rotatable bonds is 5. The standard InChI is InChI=1S/C15H22N2OS/c1-17(14-9-5-6-12(14)10-16)15(18)11-19-13-7-3-2-4-8-13/h2-4,7-8,12,14H,5-6,9-11,16H2,1H3. The Kier molecular flexibility index (Phi) is 5.28. The maximum absolute atomic E-state index is 12.2. The molecule has 1 amide bonds. The second-order valence-electron chi connectivity index (χ2n) is 5.10. The molecule has 1 aromatic rings. The monoisotopic (exact) mass is 278 g/mol. The van der Waals surface area contributed by atoms with Crippen LogP contribution in [0.2, 0.25) is 0 Å². The molecule has 4 heteroatoms. The fraction of sp³-hybridized carbons (Fsp3) is 0.533. The van der Waals surface area contributed by atoms with Crippen molar-refractivity contribution in [2.45, 2.75) is 30.2 Å². The van der Waals surface area contributed by atoms with Gasteiger partial charge in [-0.25, -0.2) is 0 Å². The van der Waals surface area contributed by atoms with Crippen molar-refractivity contribution < 1.29 is 4.79 Å². The van der Waals surface area contributed by atoms with Gasteiger partial charge < -0.3 is 10.6 Å². The van der Waals surface area contributed by atoms with Crippen molar-refractivity contribution in [3.05, 3.63) is 30.3 Å². The zero-order valence-electron chi connectivity index (χ0n) is 11.4. The van der Waals surface area contributed by atoms with Crippen molar-refractivity contribution in [1.82, 2.24) is 4.90 Å². The third-order valence-corrected chi connectivity index (χ3v) is 4.91. The van der Waals surface area contributed by atoms with Crippen LogP contribution in [0.5, 0.6) is 0 Å². The number of nitrogens with two attached hydrogens (primary N) is 1. The summed E-state index contributed by atoms with van der Waals surface area (Å²) in [6.45, 7) is 0.689. The Morgan fingerprint density at radius 1 is 1.37 bits per heavy atom. The van der Waals surface area contributed by atoms with Crippen molar-refractivity contribution >= 4 is 17.7 Å². The smallest absolute Gasteiger partial charge is 0.232 e. The Morgan fingerprint density at radius 3 is 2.79 bits per heavy atom. The first kappa shape index (κ1) is 14.4. The summed E-state index contributed by atoms with van der Waals surface area (Å²) in [5.41, 5.74) is 5.78. The van der Waals surface area contributed by atoms with Gasteiger partial charge >= 0.3 is 0 Å². The maximum Gasteiger partial charge on any atom is 0.232 e. The zero-order chi connectivity index (χ0) is 13.7. The first-order valence-electron chi connectivity index (χ1n) is 6.86. The molecule has 0 bridgehead atoms. The molecule has 0 heterocycles. The minimum Gasteiger partial charge on any atom is -0.342 e. The minimum atomic E-state index is 0.208. The summed E-state index contributed by atoms with van der Waals surface area (Å²) in [6.07, 6.45) is 3.45. The molecular formula is C15H22N2OS. The van der Waals surface area contributed by atoms with Crippen LogP contribution in [0.4, 0.5) is 0 Å². The Bertz CT molecular complexity index is 410. The van der Waals surface area contributed by atoms with E-state index in [-0.39, 0.29) is 5.91 Å². The third-order valence-electron chi connectivity index (χ3n) is 3.92. The highest BCUT2D eigenvalue weighted by Crippen LogP contribution is 2.29. The third kappa shape index (κ3) is 3.74. The van der Waals surface area contributed by atoms with Gasteiger partial charge in [0, 0.05) is 18.0 Å². The number of hydrogen-bond acceptors (Lipinski definition) is 3. The molecule has 2 N–H and O–H groups in total. The Balaban J connectivity index is 1.85. The van der Waals surface area contributed by atoms with Gasteiger partial charge in [0.1, 0.15) is 0 Å². The number of hydrogen-bond donors (Lipinski definition) is 1. The van der Waals surface area contributed by atoms with E-state index in [2.05, 4.69) is 0 Å². The molecule has 1 fully saturated rings. The van der Waals surface area contributed by atoms with Crippen LogP contribution in [-0.2, 0) is 4.79 Å². The van der Waals surface area contributed by atoms with E-state index in [4.69, 9.17) is 5.73 Å². The van der Waals surface area contributed by atoms with Crippen molar-refractivity contribution in [3.8, 4) is 0 Å². The summed E-state index contributed by atoms with van der Waals surface area (Å²) >= 11 is 1.60. The molecule has 0 saturated heterocycles. The summed E-state index contributed by atoms with van der Waals surface area (Å²) in [5.74, 6) is 1.20. The molecule has 1 aromatic carbocycles. The molecule has 0 aliphatic heterocycles. The predicted octanol–water partition coefficient (Wildman–Crippen LogP) is 2.36. The Labute approximate surface area is 119 Å². The molecule has 2 atom stereocenters. The predicted molar refractivity (Wildman–Crippen MR) is 80.1 cm³/mol. The number of carbonyl (C=O) groups is 1. The minimum absolute atomic E-state index is 0.208. The van der Waals surface area contributed by atoms with Gasteiger partial charge in [0.15, 0.2) is 0 Å². The lowest BCUT2D eigenvalue weighted by Gasteiger charge is -2.29. The van der Waals surface area contributed by atoms with Gasteiger partial charge in [-0.15, -0.1) is 11.8 Å². The quantitative estimate of drug-likeness (QED) is 0.841. The van der Waals surface area contributed by atoms with Crippen molar-refractivity contribution in [2.24, 2.45) is 11.7 Å². The van der Waals surface area contributed by atoms with E-state index in [1.165, 1.54) is 6.42 Å². The van der Waals surface area contributed by atoms with E-state index in [1.54, 1.807) is 11.8 Å². The molecular weight excluding hydrogens is 256 g/mol. The zero-order valence-corrected chi connectivity index (χ0v) is 12.2. The average molecular weight is 278 g/mol. The fourth-order valence-corrected chi connectivity index (χ4v) is 3.59. The summed E-state index contributed by atoms with van der Waals surface area (Å²) < 4.78 is 0. The van der Waals surface area contributed by atoms with Crippen LogP contribution in [0.25, 0.3) is 0 Å². The molecule has 1 saturated carbocycles. The van der Waals surface area contributed by atoms with Gasteiger partial charge in [0.2, 0.25) is 5.91 Å². The van der Waals surface area contributed by atoms with Crippen molar-refractivity contribution in [1.29, 1.82) is 0 Å². The SMILES string of the molecule is CN(C(=O)CSc1ccccc1)C1CCCC1CN. The van der Waals surface area contributed by atoms with E-state index in [1.807, 2.05) is 42.3 Å². The van der Waals surface area contributed by atoms with Crippen LogP contribution in [0.15, 0.2) is 35.2 Å². The second-order valence-corrected chi connectivity index (χ2v) is 6.15. The first-order valence-corrected chi connectivity index (χ1v) is 7.84. The highest BCUT2D eigenvalue weighted by atomic mass is 32.2. The molecule has 0 spiro atoms. The van der Waals surface area contributed by atoms with Crippen LogP contribution < -0.4 is 5.73 Å². The lowest BCUT2D eigenvalue weighted by molar-refractivity contribution is -0.129. The van der Waals surface area contributed by atoms with Gasteiger partial charge in [-0.3, -0.25) is 4.79 Å². The fourth-order valence-electron chi connectivity index (χ4n) is 2.75. The van der Waals surface area contributed by atoms with Crippen molar-refractivity contribution in [2.75, 3.05) is 19.3 Å². The van der Waals surface area contributed by atoms with Gasteiger partial charge in [0.25, 0.3) is 0 Å². The van der Waals surface area contributed by atoms with Gasteiger partial charge in [-0.1, -0.05) is 24.6 Å². The summed E-state index contributed by atoms with van der Waals surface area (Å²) in [4.78, 5) is 15.3. The summed E-state index contributed by atoms with van der Waals surface area (Å²) in [5, 5.41) is 0. The van der Waals surface area contributed by atoms with E-state index in [0.29, 0.717) is 24.3 Å². The topological polar surface area (TPSA) is 46.3 Å².